The van der Waals surface area contributed by atoms with Gasteiger partial charge in [-0.25, -0.2) is 12.7 Å². The number of hydrogen-bond acceptors (Lipinski definition) is 6. The number of hydrogen-bond donors (Lipinski definition) is 1. The van der Waals surface area contributed by atoms with Crippen LogP contribution in [0.5, 0.6) is 0 Å². The normalized spacial score (nSPS) is 11.8. The standard InChI is InChI=1S/C15H20N4O3S2/c1-6-12-14(23-18-17-12)15(20)16-13-8-11(7-9(2)10(13)3)24(21,22)19(4)5/h7-8H,6H2,1-5H3,(H,16,20). The van der Waals surface area contributed by atoms with Gasteiger partial charge in [0.25, 0.3) is 5.91 Å². The van der Waals surface area contributed by atoms with Crippen LogP contribution in [0.3, 0.4) is 0 Å². The Bertz CT molecular complexity index is 873. The van der Waals surface area contributed by atoms with Gasteiger partial charge in [-0.15, -0.1) is 5.10 Å². The summed E-state index contributed by atoms with van der Waals surface area (Å²) in [6.07, 6.45) is 0.603. The Morgan fingerprint density at radius 1 is 1.29 bits per heavy atom. The molecule has 0 unspecified atom stereocenters. The molecule has 0 aliphatic rings. The van der Waals surface area contributed by atoms with Crippen LogP contribution in [0.25, 0.3) is 0 Å². The van der Waals surface area contributed by atoms with Crippen molar-refractivity contribution in [3.05, 3.63) is 33.8 Å². The second-order valence-electron chi connectivity index (χ2n) is 5.56. The molecule has 9 heteroatoms. The van der Waals surface area contributed by atoms with Crippen LogP contribution in [0.2, 0.25) is 0 Å². The summed E-state index contributed by atoms with van der Waals surface area (Å²) in [6.45, 7) is 5.54. The van der Waals surface area contributed by atoms with Crippen molar-refractivity contribution >= 4 is 33.2 Å². The number of aromatic nitrogens is 2. The first-order valence-electron chi connectivity index (χ1n) is 7.34. The van der Waals surface area contributed by atoms with Gasteiger partial charge in [-0.2, -0.15) is 0 Å². The molecule has 2 aromatic rings. The molecule has 0 fully saturated rings. The number of benzene rings is 1. The van der Waals surface area contributed by atoms with E-state index in [-0.39, 0.29) is 10.8 Å². The lowest BCUT2D eigenvalue weighted by Gasteiger charge is -2.16. The van der Waals surface area contributed by atoms with Crippen LogP contribution in [-0.4, -0.2) is 42.3 Å². The van der Waals surface area contributed by atoms with E-state index in [2.05, 4.69) is 14.9 Å². The topological polar surface area (TPSA) is 92.3 Å². The number of anilines is 1. The minimum absolute atomic E-state index is 0.143. The fraction of sp³-hybridized carbons (Fsp3) is 0.400. The van der Waals surface area contributed by atoms with E-state index in [1.165, 1.54) is 20.2 Å². The van der Waals surface area contributed by atoms with E-state index >= 15 is 0 Å². The first-order valence-corrected chi connectivity index (χ1v) is 9.56. The summed E-state index contributed by atoms with van der Waals surface area (Å²) < 4.78 is 29.7. The SMILES string of the molecule is CCc1nnsc1C(=O)Nc1cc(S(=O)(=O)N(C)C)cc(C)c1C. The Morgan fingerprint density at radius 3 is 2.54 bits per heavy atom. The molecular formula is C15H20N4O3S2. The van der Waals surface area contributed by atoms with E-state index < -0.39 is 10.0 Å². The Labute approximate surface area is 145 Å². The maximum absolute atomic E-state index is 12.5. The van der Waals surface area contributed by atoms with E-state index in [1.807, 2.05) is 20.8 Å². The molecule has 1 N–H and O–H groups in total. The lowest BCUT2D eigenvalue weighted by molar-refractivity contribution is 0.102. The van der Waals surface area contributed by atoms with E-state index in [1.54, 1.807) is 6.07 Å². The molecule has 24 heavy (non-hydrogen) atoms. The molecule has 1 aromatic heterocycles. The summed E-state index contributed by atoms with van der Waals surface area (Å²) in [6, 6.07) is 3.09. The molecular weight excluding hydrogens is 348 g/mol. The quantitative estimate of drug-likeness (QED) is 0.873. The first-order chi connectivity index (χ1) is 11.2. The number of amides is 1. The summed E-state index contributed by atoms with van der Waals surface area (Å²) in [7, 11) is -0.638. The highest BCUT2D eigenvalue weighted by Gasteiger charge is 2.21. The van der Waals surface area contributed by atoms with Crippen molar-refractivity contribution in [2.75, 3.05) is 19.4 Å². The zero-order valence-corrected chi connectivity index (χ0v) is 15.9. The highest BCUT2D eigenvalue weighted by Crippen LogP contribution is 2.26. The van der Waals surface area contributed by atoms with Crippen molar-refractivity contribution in [1.29, 1.82) is 0 Å². The smallest absolute Gasteiger partial charge is 0.269 e. The van der Waals surface area contributed by atoms with Gasteiger partial charge >= 0.3 is 0 Å². The number of sulfonamides is 1. The van der Waals surface area contributed by atoms with E-state index in [0.717, 1.165) is 27.0 Å². The molecule has 0 aliphatic carbocycles. The fourth-order valence-corrected chi connectivity index (χ4v) is 3.77. The molecule has 0 radical (unpaired) electrons. The molecule has 0 atom stereocenters. The van der Waals surface area contributed by atoms with Gasteiger partial charge in [-0.3, -0.25) is 4.79 Å². The van der Waals surface area contributed by atoms with Gasteiger partial charge in [0, 0.05) is 19.8 Å². The Kier molecular flexibility index (Phi) is 5.36. The zero-order valence-electron chi connectivity index (χ0n) is 14.2. The highest BCUT2D eigenvalue weighted by molar-refractivity contribution is 7.89. The molecule has 1 aromatic carbocycles. The van der Waals surface area contributed by atoms with Gasteiger partial charge in [-0.1, -0.05) is 11.4 Å². The maximum atomic E-state index is 12.5. The monoisotopic (exact) mass is 368 g/mol. The third-order valence-electron chi connectivity index (χ3n) is 3.76. The van der Waals surface area contributed by atoms with E-state index in [0.29, 0.717) is 22.7 Å². The molecule has 0 aliphatic heterocycles. The minimum Gasteiger partial charge on any atom is -0.321 e. The number of nitrogens with one attached hydrogen (secondary N) is 1. The predicted octanol–water partition coefficient (Wildman–Crippen LogP) is 2.22. The molecule has 0 saturated carbocycles. The number of aryl methyl sites for hydroxylation is 2. The van der Waals surface area contributed by atoms with Gasteiger partial charge in [0.1, 0.15) is 4.88 Å². The molecule has 0 bridgehead atoms. The molecule has 1 heterocycles. The summed E-state index contributed by atoms with van der Waals surface area (Å²) in [4.78, 5) is 13.1. The lowest BCUT2D eigenvalue weighted by atomic mass is 10.1. The predicted molar refractivity (Wildman–Crippen MR) is 94.0 cm³/mol. The fourth-order valence-electron chi connectivity index (χ4n) is 2.11. The van der Waals surface area contributed by atoms with Crippen LogP contribution in [-0.2, 0) is 16.4 Å². The molecule has 2 rings (SSSR count). The van der Waals surface area contributed by atoms with Crippen LogP contribution >= 0.6 is 11.5 Å². The molecule has 0 saturated heterocycles. The van der Waals surface area contributed by atoms with Gasteiger partial charge in [0.15, 0.2) is 0 Å². The average molecular weight is 368 g/mol. The third kappa shape index (κ3) is 3.47. The van der Waals surface area contributed by atoms with Crippen molar-refractivity contribution in [1.82, 2.24) is 13.9 Å². The van der Waals surface area contributed by atoms with Crippen molar-refractivity contribution in [3.63, 3.8) is 0 Å². The van der Waals surface area contributed by atoms with Crippen LogP contribution in [0.4, 0.5) is 5.69 Å². The number of nitrogens with zero attached hydrogens (tertiary/aromatic N) is 3. The van der Waals surface area contributed by atoms with Crippen molar-refractivity contribution < 1.29 is 13.2 Å². The van der Waals surface area contributed by atoms with Gasteiger partial charge in [-0.05, 0) is 55.1 Å². The Morgan fingerprint density at radius 2 is 1.96 bits per heavy atom. The maximum Gasteiger partial charge on any atom is 0.269 e. The van der Waals surface area contributed by atoms with Crippen LogP contribution in [0, 0.1) is 13.8 Å². The van der Waals surface area contributed by atoms with Crippen molar-refractivity contribution in [2.45, 2.75) is 32.1 Å². The summed E-state index contributed by atoms with van der Waals surface area (Å²) in [5.74, 6) is -0.330. The molecule has 130 valence electrons. The van der Waals surface area contributed by atoms with Gasteiger partial charge < -0.3 is 5.32 Å². The van der Waals surface area contributed by atoms with Gasteiger partial charge in [0.2, 0.25) is 10.0 Å². The second kappa shape index (κ2) is 6.96. The highest BCUT2D eigenvalue weighted by atomic mass is 32.2. The Hall–Kier alpha value is -1.84. The molecule has 7 nitrogen and oxygen atoms in total. The van der Waals surface area contributed by atoms with E-state index in [4.69, 9.17) is 0 Å². The second-order valence-corrected chi connectivity index (χ2v) is 8.46. The summed E-state index contributed by atoms with van der Waals surface area (Å²) in [5, 5.41) is 6.71. The van der Waals surface area contributed by atoms with Crippen molar-refractivity contribution in [2.24, 2.45) is 0 Å². The third-order valence-corrected chi connectivity index (χ3v) is 6.32. The minimum atomic E-state index is -3.58. The average Bonchev–Trinajstić information content (AvgIpc) is 2.99. The largest absolute Gasteiger partial charge is 0.321 e. The molecule has 1 amide bonds. The first kappa shape index (κ1) is 18.5. The number of rotatable bonds is 5. The molecule has 0 spiro atoms. The number of carbonyl (C=O) groups is 1. The van der Waals surface area contributed by atoms with E-state index in [9.17, 15) is 13.2 Å². The van der Waals surface area contributed by atoms with Crippen LogP contribution < -0.4 is 5.32 Å². The van der Waals surface area contributed by atoms with Crippen LogP contribution in [0.1, 0.15) is 33.4 Å². The zero-order chi connectivity index (χ0) is 18.1. The summed E-state index contributed by atoms with van der Waals surface area (Å²) >= 11 is 1.03. The number of carbonyl (C=O) groups excluding carboxylic acids is 1. The lowest BCUT2D eigenvalue weighted by Crippen LogP contribution is -2.23. The van der Waals surface area contributed by atoms with Crippen LogP contribution in [0.15, 0.2) is 17.0 Å². The van der Waals surface area contributed by atoms with Gasteiger partial charge in [0.05, 0.1) is 10.6 Å². The Balaban J connectivity index is 2.44. The summed E-state index contributed by atoms with van der Waals surface area (Å²) in [5.41, 5.74) is 2.70. The van der Waals surface area contributed by atoms with Crippen molar-refractivity contribution in [3.8, 4) is 0 Å².